The molecule has 0 bridgehead atoms. The Labute approximate surface area is 127 Å². The molecule has 0 aromatic carbocycles. The molecular formula is C15H26N2O3S. The van der Waals surface area contributed by atoms with Crippen LogP contribution in [0.4, 0.5) is 0 Å². The van der Waals surface area contributed by atoms with Crippen LogP contribution >= 0.6 is 0 Å². The van der Waals surface area contributed by atoms with Gasteiger partial charge in [-0.05, 0) is 50.5 Å². The molecule has 3 aliphatic rings. The van der Waals surface area contributed by atoms with Crippen LogP contribution in [-0.2, 0) is 14.6 Å². The van der Waals surface area contributed by atoms with E-state index in [2.05, 4.69) is 5.32 Å². The van der Waals surface area contributed by atoms with Gasteiger partial charge in [0.2, 0.25) is 5.91 Å². The van der Waals surface area contributed by atoms with Gasteiger partial charge in [0.25, 0.3) is 0 Å². The molecular weight excluding hydrogens is 288 g/mol. The average molecular weight is 314 g/mol. The lowest BCUT2D eigenvalue weighted by atomic mass is 9.88. The number of sulfone groups is 1. The summed E-state index contributed by atoms with van der Waals surface area (Å²) in [6, 6.07) is 0.655. The summed E-state index contributed by atoms with van der Waals surface area (Å²) in [7, 11) is -2.87. The van der Waals surface area contributed by atoms with Crippen molar-refractivity contribution in [2.45, 2.75) is 44.6 Å². The molecule has 2 unspecified atom stereocenters. The maximum absolute atomic E-state index is 12.3. The number of likely N-dealkylation sites (tertiary alicyclic amines) is 1. The van der Waals surface area contributed by atoms with Crippen LogP contribution in [0.3, 0.4) is 0 Å². The van der Waals surface area contributed by atoms with Crippen LogP contribution in [-0.4, -0.2) is 56.4 Å². The molecule has 1 N–H and O–H groups in total. The molecule has 0 saturated carbocycles. The number of nitrogens with one attached hydrogen (secondary N) is 1. The molecule has 0 spiro atoms. The van der Waals surface area contributed by atoms with Crippen LogP contribution in [0.1, 0.15) is 38.5 Å². The van der Waals surface area contributed by atoms with Gasteiger partial charge in [-0.25, -0.2) is 8.42 Å². The van der Waals surface area contributed by atoms with Crippen molar-refractivity contribution in [2.24, 2.45) is 11.8 Å². The number of piperidine rings is 1. The van der Waals surface area contributed by atoms with Gasteiger partial charge in [0, 0.05) is 25.6 Å². The molecule has 0 aromatic heterocycles. The molecule has 120 valence electrons. The van der Waals surface area contributed by atoms with Gasteiger partial charge in [-0.15, -0.1) is 0 Å². The lowest BCUT2D eigenvalue weighted by Crippen LogP contribution is -2.43. The first-order chi connectivity index (χ1) is 10.0. The fourth-order valence-corrected chi connectivity index (χ4v) is 5.94. The highest BCUT2D eigenvalue weighted by atomic mass is 32.2. The maximum Gasteiger partial charge on any atom is 0.222 e. The second-order valence-corrected chi connectivity index (χ2v) is 9.12. The molecule has 0 radical (unpaired) electrons. The molecule has 21 heavy (non-hydrogen) atoms. The highest BCUT2D eigenvalue weighted by Gasteiger charge is 2.33. The van der Waals surface area contributed by atoms with Gasteiger partial charge >= 0.3 is 0 Å². The summed E-state index contributed by atoms with van der Waals surface area (Å²) < 4.78 is 22.9. The summed E-state index contributed by atoms with van der Waals surface area (Å²) in [4.78, 5) is 14.3. The van der Waals surface area contributed by atoms with E-state index in [1.807, 2.05) is 4.90 Å². The van der Waals surface area contributed by atoms with E-state index >= 15 is 0 Å². The standard InChI is InChI=1S/C15H26N2O3S/c18-15(10-12-5-9-21(19,20)11-12)17-7-3-13(4-8-17)14-2-1-6-16-14/h12-14,16H,1-11H2. The number of carbonyl (C=O) groups is 1. The van der Waals surface area contributed by atoms with Crippen molar-refractivity contribution < 1.29 is 13.2 Å². The first-order valence-electron chi connectivity index (χ1n) is 8.25. The van der Waals surface area contributed by atoms with Crippen molar-refractivity contribution in [1.29, 1.82) is 0 Å². The zero-order chi connectivity index (χ0) is 14.9. The Kier molecular flexibility index (Phi) is 4.54. The summed E-state index contributed by atoms with van der Waals surface area (Å²) in [5.74, 6) is 1.40. The Bertz CT molecular complexity index is 477. The van der Waals surface area contributed by atoms with Gasteiger partial charge in [-0.3, -0.25) is 4.79 Å². The lowest BCUT2D eigenvalue weighted by Gasteiger charge is -2.35. The van der Waals surface area contributed by atoms with Gasteiger partial charge in [0.1, 0.15) is 0 Å². The van der Waals surface area contributed by atoms with E-state index in [-0.39, 0.29) is 23.3 Å². The average Bonchev–Trinajstić information content (AvgIpc) is 3.09. The number of hydrogen-bond donors (Lipinski definition) is 1. The van der Waals surface area contributed by atoms with E-state index in [1.54, 1.807) is 0 Å². The molecule has 3 aliphatic heterocycles. The zero-order valence-electron chi connectivity index (χ0n) is 12.6. The predicted molar refractivity (Wildman–Crippen MR) is 81.7 cm³/mol. The normalized spacial score (nSPS) is 33.4. The summed E-state index contributed by atoms with van der Waals surface area (Å²) >= 11 is 0. The quantitative estimate of drug-likeness (QED) is 0.837. The third kappa shape index (κ3) is 3.77. The minimum absolute atomic E-state index is 0.0525. The molecule has 3 rings (SSSR count). The van der Waals surface area contributed by atoms with E-state index in [9.17, 15) is 13.2 Å². The van der Waals surface area contributed by atoms with Crippen LogP contribution in [0.25, 0.3) is 0 Å². The fraction of sp³-hybridized carbons (Fsp3) is 0.933. The van der Waals surface area contributed by atoms with Crippen molar-refractivity contribution >= 4 is 15.7 Å². The molecule has 1 amide bonds. The second-order valence-electron chi connectivity index (χ2n) is 6.89. The van der Waals surface area contributed by atoms with Crippen molar-refractivity contribution in [3.05, 3.63) is 0 Å². The highest BCUT2D eigenvalue weighted by molar-refractivity contribution is 7.91. The van der Waals surface area contributed by atoms with Gasteiger partial charge in [0.15, 0.2) is 9.84 Å². The minimum Gasteiger partial charge on any atom is -0.343 e. The number of carbonyl (C=O) groups excluding carboxylic acids is 1. The predicted octanol–water partition coefficient (Wildman–Crippen LogP) is 0.802. The van der Waals surface area contributed by atoms with Crippen LogP contribution in [0.2, 0.25) is 0 Å². The van der Waals surface area contributed by atoms with Crippen LogP contribution in [0.15, 0.2) is 0 Å². The molecule has 5 nitrogen and oxygen atoms in total. The third-order valence-corrected chi connectivity index (χ3v) is 7.19. The summed E-state index contributed by atoms with van der Waals surface area (Å²) in [5, 5.41) is 3.57. The monoisotopic (exact) mass is 314 g/mol. The Morgan fingerprint density at radius 3 is 2.48 bits per heavy atom. The molecule has 0 aliphatic carbocycles. The number of rotatable bonds is 3. The van der Waals surface area contributed by atoms with Crippen molar-refractivity contribution in [3.8, 4) is 0 Å². The van der Waals surface area contributed by atoms with Gasteiger partial charge in [0.05, 0.1) is 11.5 Å². The Hall–Kier alpha value is -0.620. The van der Waals surface area contributed by atoms with Gasteiger partial charge in [-0.1, -0.05) is 0 Å². The van der Waals surface area contributed by atoms with Gasteiger partial charge < -0.3 is 10.2 Å². The fourth-order valence-electron chi connectivity index (χ4n) is 4.07. The van der Waals surface area contributed by atoms with Crippen molar-refractivity contribution in [2.75, 3.05) is 31.1 Å². The number of hydrogen-bond acceptors (Lipinski definition) is 4. The van der Waals surface area contributed by atoms with E-state index in [0.717, 1.165) is 32.5 Å². The molecule has 3 heterocycles. The van der Waals surface area contributed by atoms with Gasteiger partial charge in [-0.2, -0.15) is 0 Å². The van der Waals surface area contributed by atoms with Crippen LogP contribution < -0.4 is 5.32 Å². The first-order valence-corrected chi connectivity index (χ1v) is 10.1. The van der Waals surface area contributed by atoms with E-state index in [4.69, 9.17) is 0 Å². The van der Waals surface area contributed by atoms with Crippen LogP contribution in [0.5, 0.6) is 0 Å². The molecule has 3 saturated heterocycles. The molecule has 0 aromatic rings. The highest BCUT2D eigenvalue weighted by Crippen LogP contribution is 2.27. The zero-order valence-corrected chi connectivity index (χ0v) is 13.4. The Morgan fingerprint density at radius 1 is 1.14 bits per heavy atom. The Morgan fingerprint density at radius 2 is 1.90 bits per heavy atom. The molecule has 2 atom stereocenters. The summed E-state index contributed by atoms with van der Waals surface area (Å²) in [5.41, 5.74) is 0. The lowest BCUT2D eigenvalue weighted by molar-refractivity contribution is -0.133. The second kappa shape index (κ2) is 6.24. The summed E-state index contributed by atoms with van der Waals surface area (Å²) in [6.07, 6.45) is 5.82. The van der Waals surface area contributed by atoms with E-state index < -0.39 is 9.84 Å². The maximum atomic E-state index is 12.3. The minimum atomic E-state index is -2.87. The van der Waals surface area contributed by atoms with E-state index in [1.165, 1.54) is 12.8 Å². The van der Waals surface area contributed by atoms with Crippen molar-refractivity contribution in [3.63, 3.8) is 0 Å². The number of nitrogens with zero attached hydrogens (tertiary/aromatic N) is 1. The SMILES string of the molecule is O=C(CC1CCS(=O)(=O)C1)N1CCC(C2CCCN2)CC1. The first kappa shape index (κ1) is 15.3. The van der Waals surface area contributed by atoms with E-state index in [0.29, 0.717) is 24.8 Å². The smallest absolute Gasteiger partial charge is 0.222 e. The Balaban J connectivity index is 1.44. The van der Waals surface area contributed by atoms with Crippen LogP contribution in [0, 0.1) is 11.8 Å². The number of amides is 1. The summed E-state index contributed by atoms with van der Waals surface area (Å²) in [6.45, 7) is 2.84. The third-order valence-electron chi connectivity index (χ3n) is 5.35. The van der Waals surface area contributed by atoms with Crippen molar-refractivity contribution in [1.82, 2.24) is 10.2 Å². The topological polar surface area (TPSA) is 66.5 Å². The molecule has 3 fully saturated rings. The molecule has 6 heteroatoms. The largest absolute Gasteiger partial charge is 0.343 e.